The fourth-order valence-electron chi connectivity index (χ4n) is 2.81. The first-order chi connectivity index (χ1) is 13.8. The van der Waals surface area contributed by atoms with E-state index in [0.29, 0.717) is 11.2 Å². The lowest BCUT2D eigenvalue weighted by Crippen LogP contribution is -2.37. The molecule has 1 aromatic carbocycles. The van der Waals surface area contributed by atoms with Crippen molar-refractivity contribution in [3.63, 3.8) is 0 Å². The fraction of sp³-hybridized carbons (Fsp3) is 0.429. The molecule has 0 saturated heterocycles. The molecular weight excluding hydrogens is 390 g/mol. The van der Waals surface area contributed by atoms with E-state index >= 15 is 0 Å². The molecule has 3 rings (SSSR count). The number of hydrogen-bond acceptors (Lipinski definition) is 5. The predicted molar refractivity (Wildman–Crippen MR) is 114 cm³/mol. The number of ether oxygens (including phenoxy) is 1. The van der Waals surface area contributed by atoms with Crippen LogP contribution in [0.5, 0.6) is 0 Å². The molecule has 1 amide bonds. The summed E-state index contributed by atoms with van der Waals surface area (Å²) in [6, 6.07) is 9.62. The Labute approximate surface area is 175 Å². The molecule has 0 radical (unpaired) electrons. The van der Waals surface area contributed by atoms with Gasteiger partial charge in [0.2, 0.25) is 5.95 Å². The summed E-state index contributed by atoms with van der Waals surface area (Å²) in [4.78, 5) is 27.7. The Morgan fingerprint density at radius 3 is 2.59 bits per heavy atom. The monoisotopic (exact) mass is 415 g/mol. The van der Waals surface area contributed by atoms with Crippen molar-refractivity contribution in [2.45, 2.75) is 59.2 Å². The minimum Gasteiger partial charge on any atom is -0.443 e. The van der Waals surface area contributed by atoms with Crippen molar-refractivity contribution >= 4 is 34.8 Å². The topological polar surface area (TPSA) is 73.1 Å². The maximum absolute atomic E-state index is 13.0. The minimum absolute atomic E-state index is 0.193. The number of rotatable bonds is 6. The highest BCUT2D eigenvalue weighted by molar-refractivity contribution is 6.33. The number of nitrogens with zero attached hydrogens (tertiary/aromatic N) is 5. The van der Waals surface area contributed by atoms with Crippen molar-refractivity contribution in [2.75, 3.05) is 4.90 Å². The number of fused-ring (bicyclic) bond motifs is 1. The molecule has 3 aromatic rings. The number of unbranched alkanes of at least 4 members (excludes halogenated alkanes) is 1. The van der Waals surface area contributed by atoms with Crippen molar-refractivity contribution in [3.8, 4) is 0 Å². The van der Waals surface area contributed by atoms with Crippen LogP contribution >= 0.6 is 11.6 Å². The number of carbonyl (C=O) groups is 1. The third kappa shape index (κ3) is 5.23. The molecule has 0 saturated carbocycles. The first-order valence-electron chi connectivity index (χ1n) is 9.71. The van der Waals surface area contributed by atoms with Gasteiger partial charge in [0.25, 0.3) is 0 Å². The average molecular weight is 416 g/mol. The second-order valence-corrected chi connectivity index (χ2v) is 8.19. The van der Waals surface area contributed by atoms with Crippen LogP contribution in [0.25, 0.3) is 11.2 Å². The van der Waals surface area contributed by atoms with Crippen LogP contribution in [0.3, 0.4) is 0 Å². The molecule has 0 N–H and O–H groups in total. The van der Waals surface area contributed by atoms with Crippen molar-refractivity contribution in [1.82, 2.24) is 19.5 Å². The summed E-state index contributed by atoms with van der Waals surface area (Å²) >= 11 is 6.39. The van der Waals surface area contributed by atoms with E-state index in [1.54, 1.807) is 6.33 Å². The lowest BCUT2D eigenvalue weighted by molar-refractivity contribution is 0.0575. The van der Waals surface area contributed by atoms with Crippen molar-refractivity contribution in [1.29, 1.82) is 0 Å². The standard InChI is InChI=1S/C21H26ClN5O2/c1-5-6-12-26-14-23-16-17(22)24-19(25-18(16)26)27(20(28)29-21(2,3)4)13-15-10-8-7-9-11-15/h7-11,14H,5-6,12-13H2,1-4H3. The van der Waals surface area contributed by atoms with Gasteiger partial charge in [-0.25, -0.2) is 14.7 Å². The highest BCUT2D eigenvalue weighted by atomic mass is 35.5. The number of imidazole rings is 1. The zero-order chi connectivity index (χ0) is 21.0. The first-order valence-corrected chi connectivity index (χ1v) is 10.1. The molecule has 2 heterocycles. The van der Waals surface area contributed by atoms with Crippen LogP contribution in [0.15, 0.2) is 36.7 Å². The summed E-state index contributed by atoms with van der Waals surface area (Å²) in [6.07, 6.45) is 3.21. The van der Waals surface area contributed by atoms with Gasteiger partial charge in [0.15, 0.2) is 10.8 Å². The molecule has 0 aliphatic carbocycles. The summed E-state index contributed by atoms with van der Waals surface area (Å²) in [6.45, 7) is 8.62. The van der Waals surface area contributed by atoms with E-state index in [9.17, 15) is 4.79 Å². The molecule has 29 heavy (non-hydrogen) atoms. The highest BCUT2D eigenvalue weighted by Gasteiger charge is 2.27. The van der Waals surface area contributed by atoms with Gasteiger partial charge >= 0.3 is 6.09 Å². The van der Waals surface area contributed by atoms with Gasteiger partial charge in [-0.15, -0.1) is 0 Å². The lowest BCUT2D eigenvalue weighted by atomic mass is 10.2. The van der Waals surface area contributed by atoms with E-state index in [-0.39, 0.29) is 17.6 Å². The van der Waals surface area contributed by atoms with Gasteiger partial charge in [-0.3, -0.25) is 0 Å². The SMILES string of the molecule is CCCCn1cnc2c(Cl)nc(N(Cc3ccccc3)C(=O)OC(C)(C)C)nc21. The molecule has 0 atom stereocenters. The summed E-state index contributed by atoms with van der Waals surface area (Å²) in [5.74, 6) is 0.193. The Balaban J connectivity index is 2.03. The van der Waals surface area contributed by atoms with Gasteiger partial charge in [-0.1, -0.05) is 55.3 Å². The second kappa shape index (κ2) is 8.78. The lowest BCUT2D eigenvalue weighted by Gasteiger charge is -2.26. The second-order valence-electron chi connectivity index (χ2n) is 7.83. The number of benzene rings is 1. The van der Waals surface area contributed by atoms with Gasteiger partial charge < -0.3 is 9.30 Å². The number of halogens is 1. The Bertz CT molecular complexity index is 982. The summed E-state index contributed by atoms with van der Waals surface area (Å²) < 4.78 is 7.53. The molecular formula is C21H26ClN5O2. The minimum atomic E-state index is -0.650. The number of amides is 1. The average Bonchev–Trinajstić information content (AvgIpc) is 3.07. The van der Waals surface area contributed by atoms with Crippen molar-refractivity contribution < 1.29 is 9.53 Å². The van der Waals surface area contributed by atoms with Gasteiger partial charge in [0.1, 0.15) is 11.1 Å². The molecule has 2 aromatic heterocycles. The van der Waals surface area contributed by atoms with Crippen LogP contribution in [0.1, 0.15) is 46.1 Å². The first kappa shape index (κ1) is 21.0. The number of carbonyl (C=O) groups excluding carboxylic acids is 1. The fourth-order valence-corrected chi connectivity index (χ4v) is 3.02. The van der Waals surface area contributed by atoms with Crippen LogP contribution < -0.4 is 4.90 Å². The Morgan fingerprint density at radius 2 is 1.93 bits per heavy atom. The third-order valence-electron chi connectivity index (χ3n) is 4.20. The quantitative estimate of drug-likeness (QED) is 0.516. The molecule has 0 aliphatic heterocycles. The smallest absolute Gasteiger partial charge is 0.417 e. The highest BCUT2D eigenvalue weighted by Crippen LogP contribution is 2.25. The van der Waals surface area contributed by atoms with E-state index in [2.05, 4.69) is 21.9 Å². The van der Waals surface area contributed by atoms with Crippen LogP contribution in [0.2, 0.25) is 5.15 Å². The van der Waals surface area contributed by atoms with Crippen molar-refractivity contribution in [2.24, 2.45) is 0 Å². The number of hydrogen-bond donors (Lipinski definition) is 0. The zero-order valence-corrected chi connectivity index (χ0v) is 18.0. The van der Waals surface area contributed by atoms with Gasteiger partial charge in [0.05, 0.1) is 12.9 Å². The Morgan fingerprint density at radius 1 is 1.21 bits per heavy atom. The van der Waals surface area contributed by atoms with E-state index in [4.69, 9.17) is 16.3 Å². The van der Waals surface area contributed by atoms with Crippen molar-refractivity contribution in [3.05, 3.63) is 47.4 Å². The van der Waals surface area contributed by atoms with Gasteiger partial charge in [0, 0.05) is 6.54 Å². The molecule has 0 aliphatic rings. The number of aryl methyl sites for hydroxylation is 1. The van der Waals surface area contributed by atoms with Crippen LogP contribution in [0.4, 0.5) is 10.7 Å². The Hall–Kier alpha value is -2.67. The number of anilines is 1. The molecule has 154 valence electrons. The van der Waals surface area contributed by atoms with Gasteiger partial charge in [-0.05, 0) is 32.8 Å². The predicted octanol–water partition coefficient (Wildman–Crippen LogP) is 5.22. The maximum atomic E-state index is 13.0. The van der Waals surface area contributed by atoms with Crippen LogP contribution in [-0.4, -0.2) is 31.2 Å². The summed E-state index contributed by atoms with van der Waals surface area (Å²) in [5.41, 5.74) is 1.41. The van der Waals surface area contributed by atoms with E-state index in [0.717, 1.165) is 24.9 Å². The maximum Gasteiger partial charge on any atom is 0.417 e. The summed E-state index contributed by atoms with van der Waals surface area (Å²) in [7, 11) is 0. The molecule has 0 unspecified atom stereocenters. The van der Waals surface area contributed by atoms with Gasteiger partial charge in [-0.2, -0.15) is 9.97 Å². The normalized spacial score (nSPS) is 11.6. The molecule has 7 nitrogen and oxygen atoms in total. The molecule has 0 fully saturated rings. The van der Waals surface area contributed by atoms with Crippen LogP contribution in [0, 0.1) is 0 Å². The zero-order valence-electron chi connectivity index (χ0n) is 17.2. The number of aromatic nitrogens is 4. The van der Waals surface area contributed by atoms with E-state index in [1.165, 1.54) is 4.90 Å². The van der Waals surface area contributed by atoms with E-state index < -0.39 is 11.7 Å². The third-order valence-corrected chi connectivity index (χ3v) is 4.46. The largest absolute Gasteiger partial charge is 0.443 e. The molecule has 0 bridgehead atoms. The molecule has 8 heteroatoms. The molecule has 0 spiro atoms. The van der Waals surface area contributed by atoms with Crippen LogP contribution in [-0.2, 0) is 17.8 Å². The Kier molecular flexibility index (Phi) is 6.37. The van der Waals surface area contributed by atoms with E-state index in [1.807, 2.05) is 55.7 Å². The summed E-state index contributed by atoms with van der Waals surface area (Å²) in [5, 5.41) is 0.210.